The second kappa shape index (κ2) is 19.1. The Morgan fingerprint density at radius 1 is 0.793 bits per heavy atom. The van der Waals surface area contributed by atoms with Crippen LogP contribution in [0, 0.1) is 0 Å². The second-order valence-corrected chi connectivity index (χ2v) is 9.76. The molecule has 0 saturated carbocycles. The maximum absolute atomic E-state index is 11.9. The number of carbonyl (C=O) groups is 1. The molecule has 0 aliphatic heterocycles. The van der Waals surface area contributed by atoms with Crippen LogP contribution in [0.1, 0.15) is 110 Å². The molecule has 0 aliphatic rings. The zero-order valence-electron chi connectivity index (χ0n) is 18.9. The number of unbranched alkanes of at least 4 members (excludes halogenated alkanes) is 14. The first-order valence-corrected chi connectivity index (χ1v) is 13.3. The monoisotopic (exact) mass is 431 g/mol. The molecule has 0 saturated heterocycles. The third-order valence-corrected chi connectivity index (χ3v) is 6.06. The first-order valence-electron chi connectivity index (χ1n) is 11.7. The summed E-state index contributed by atoms with van der Waals surface area (Å²) < 4.78 is 30.0. The highest BCUT2D eigenvalue weighted by Gasteiger charge is 2.08. The molecule has 0 bridgehead atoms. The van der Waals surface area contributed by atoms with Crippen molar-refractivity contribution in [1.82, 2.24) is 4.90 Å². The molecule has 0 aromatic rings. The maximum Gasteiger partial charge on any atom is 0.264 e. The molecule has 172 valence electrons. The van der Waals surface area contributed by atoms with Crippen LogP contribution in [0.3, 0.4) is 0 Å². The number of allylic oxidation sites excluding steroid dienone is 1. The van der Waals surface area contributed by atoms with Crippen molar-refractivity contribution >= 4 is 16.0 Å². The van der Waals surface area contributed by atoms with Crippen LogP contribution < -0.4 is 0 Å². The summed E-state index contributed by atoms with van der Waals surface area (Å²) in [6.07, 6.45) is 23.4. The first kappa shape index (κ1) is 28.1. The molecule has 0 rings (SSSR count). The normalized spacial score (nSPS) is 12.0. The summed E-state index contributed by atoms with van der Waals surface area (Å²) in [5.41, 5.74) is 0. The van der Waals surface area contributed by atoms with Gasteiger partial charge in [0.05, 0.1) is 5.75 Å². The van der Waals surface area contributed by atoms with Crippen molar-refractivity contribution in [3.63, 3.8) is 0 Å². The summed E-state index contributed by atoms with van der Waals surface area (Å²) in [5.74, 6) is -0.432. The van der Waals surface area contributed by atoms with Gasteiger partial charge in [0.15, 0.2) is 0 Å². The Morgan fingerprint density at radius 3 is 1.69 bits per heavy atom. The van der Waals surface area contributed by atoms with Crippen LogP contribution in [-0.2, 0) is 14.9 Å². The number of carbonyl (C=O) groups excluding carboxylic acids is 1. The molecule has 5 nitrogen and oxygen atoms in total. The van der Waals surface area contributed by atoms with E-state index in [1.54, 1.807) is 13.1 Å². The van der Waals surface area contributed by atoms with Crippen molar-refractivity contribution < 1.29 is 17.8 Å². The fourth-order valence-corrected chi connectivity index (χ4v) is 3.86. The van der Waals surface area contributed by atoms with Crippen LogP contribution in [0.15, 0.2) is 12.2 Å². The Balaban J connectivity index is 3.41. The number of amides is 1. The minimum absolute atomic E-state index is 0.120. The summed E-state index contributed by atoms with van der Waals surface area (Å²) in [6, 6.07) is 0. The lowest BCUT2D eigenvalue weighted by Gasteiger charge is -2.14. The van der Waals surface area contributed by atoms with Crippen molar-refractivity contribution in [3.05, 3.63) is 12.2 Å². The largest absolute Gasteiger partial charge is 0.342 e. The van der Waals surface area contributed by atoms with E-state index in [4.69, 9.17) is 4.55 Å². The van der Waals surface area contributed by atoms with Gasteiger partial charge in [-0.3, -0.25) is 9.35 Å². The smallest absolute Gasteiger partial charge is 0.264 e. The van der Waals surface area contributed by atoms with Gasteiger partial charge in [0.25, 0.3) is 10.1 Å². The average Bonchev–Trinajstić information content (AvgIpc) is 2.66. The van der Waals surface area contributed by atoms with E-state index >= 15 is 0 Å². The van der Waals surface area contributed by atoms with Crippen LogP contribution in [0.2, 0.25) is 0 Å². The molecule has 0 atom stereocenters. The van der Waals surface area contributed by atoms with Crippen molar-refractivity contribution in [2.75, 3.05) is 19.3 Å². The third kappa shape index (κ3) is 21.6. The average molecular weight is 432 g/mol. The quantitative estimate of drug-likeness (QED) is 0.142. The summed E-state index contributed by atoms with van der Waals surface area (Å²) >= 11 is 0. The van der Waals surface area contributed by atoms with Gasteiger partial charge in [-0.1, -0.05) is 96.5 Å². The molecule has 0 radical (unpaired) electrons. The fraction of sp³-hybridized carbons (Fsp3) is 0.870. The van der Waals surface area contributed by atoms with Gasteiger partial charge in [0.2, 0.25) is 5.91 Å². The summed E-state index contributed by atoms with van der Waals surface area (Å²) in [6.45, 7) is 2.58. The summed E-state index contributed by atoms with van der Waals surface area (Å²) in [5, 5.41) is 0. The molecule has 1 amide bonds. The van der Waals surface area contributed by atoms with Crippen molar-refractivity contribution in [2.24, 2.45) is 0 Å². The Hall–Kier alpha value is -0.880. The Labute approximate surface area is 180 Å². The number of nitrogens with zero attached hydrogens (tertiary/aromatic N) is 1. The van der Waals surface area contributed by atoms with Gasteiger partial charge in [0.1, 0.15) is 0 Å². The summed E-state index contributed by atoms with van der Waals surface area (Å²) in [7, 11) is -2.30. The van der Waals surface area contributed by atoms with E-state index in [9.17, 15) is 13.2 Å². The van der Waals surface area contributed by atoms with E-state index in [-0.39, 0.29) is 18.1 Å². The lowest BCUT2D eigenvalue weighted by molar-refractivity contribution is -0.124. The van der Waals surface area contributed by atoms with Crippen LogP contribution in [-0.4, -0.2) is 43.1 Å². The molecular weight excluding hydrogens is 386 g/mol. The van der Waals surface area contributed by atoms with E-state index in [0.717, 1.165) is 12.8 Å². The van der Waals surface area contributed by atoms with E-state index in [0.29, 0.717) is 6.54 Å². The molecule has 29 heavy (non-hydrogen) atoms. The SMILES string of the molecule is CCCCCCCCCCCCCCCC/C=C/C(=O)N(C)CCCS(=O)(=O)O. The predicted octanol–water partition coefficient (Wildman–Crippen LogP) is 6.15. The Kier molecular flexibility index (Phi) is 18.5. The maximum atomic E-state index is 11.9. The zero-order valence-corrected chi connectivity index (χ0v) is 19.7. The van der Waals surface area contributed by atoms with Gasteiger partial charge < -0.3 is 4.90 Å². The van der Waals surface area contributed by atoms with Crippen molar-refractivity contribution in [2.45, 2.75) is 110 Å². The van der Waals surface area contributed by atoms with E-state index in [1.165, 1.54) is 88.4 Å². The molecular formula is C23H45NO4S. The van der Waals surface area contributed by atoms with E-state index < -0.39 is 10.1 Å². The minimum Gasteiger partial charge on any atom is -0.342 e. The minimum atomic E-state index is -3.95. The number of hydrogen-bond acceptors (Lipinski definition) is 3. The van der Waals surface area contributed by atoms with Crippen LogP contribution in [0.4, 0.5) is 0 Å². The van der Waals surface area contributed by atoms with Crippen LogP contribution >= 0.6 is 0 Å². The first-order chi connectivity index (χ1) is 13.9. The molecule has 0 aliphatic carbocycles. The van der Waals surface area contributed by atoms with Gasteiger partial charge >= 0.3 is 0 Å². The Bertz CT molecular complexity index is 517. The molecule has 6 heteroatoms. The highest BCUT2D eigenvalue weighted by Crippen LogP contribution is 2.13. The topological polar surface area (TPSA) is 74.7 Å². The zero-order chi connectivity index (χ0) is 21.8. The second-order valence-electron chi connectivity index (χ2n) is 8.19. The number of hydrogen-bond donors (Lipinski definition) is 1. The van der Waals surface area contributed by atoms with Crippen molar-refractivity contribution in [1.29, 1.82) is 0 Å². The number of likely N-dealkylation sites (N-methyl/N-ethyl adjacent to an activating group) is 1. The molecule has 0 heterocycles. The van der Waals surface area contributed by atoms with Crippen LogP contribution in [0.25, 0.3) is 0 Å². The van der Waals surface area contributed by atoms with Crippen molar-refractivity contribution in [3.8, 4) is 0 Å². The lowest BCUT2D eigenvalue weighted by atomic mass is 10.0. The lowest BCUT2D eigenvalue weighted by Crippen LogP contribution is -2.27. The molecule has 0 fully saturated rings. The van der Waals surface area contributed by atoms with Crippen LogP contribution in [0.5, 0.6) is 0 Å². The highest BCUT2D eigenvalue weighted by molar-refractivity contribution is 7.85. The van der Waals surface area contributed by atoms with Gasteiger partial charge in [0, 0.05) is 13.6 Å². The molecule has 1 N–H and O–H groups in total. The van der Waals surface area contributed by atoms with Gasteiger partial charge in [-0.05, 0) is 25.3 Å². The summed E-state index contributed by atoms with van der Waals surface area (Å²) in [4.78, 5) is 13.4. The molecule has 0 unspecified atom stereocenters. The van der Waals surface area contributed by atoms with E-state index in [1.807, 2.05) is 6.08 Å². The standard InChI is InChI=1S/C23H45NO4S/c1-3-4-5-6-7-8-9-10-11-12-13-14-15-16-17-18-20-23(25)24(2)21-19-22-29(26,27)28/h18,20H,3-17,19,21-22H2,1-2H3,(H,26,27,28)/b20-18+. The molecule has 0 aromatic carbocycles. The Morgan fingerprint density at radius 2 is 1.24 bits per heavy atom. The van der Waals surface area contributed by atoms with Gasteiger partial charge in [-0.25, -0.2) is 0 Å². The van der Waals surface area contributed by atoms with E-state index in [2.05, 4.69) is 6.92 Å². The molecule has 0 spiro atoms. The number of rotatable bonds is 20. The molecule has 0 aromatic heterocycles. The third-order valence-electron chi connectivity index (χ3n) is 5.26. The fourth-order valence-electron chi connectivity index (χ4n) is 3.36. The predicted molar refractivity (Wildman–Crippen MR) is 123 cm³/mol. The van der Waals surface area contributed by atoms with Gasteiger partial charge in [-0.2, -0.15) is 8.42 Å². The van der Waals surface area contributed by atoms with Gasteiger partial charge in [-0.15, -0.1) is 0 Å². The highest BCUT2D eigenvalue weighted by atomic mass is 32.2.